The van der Waals surface area contributed by atoms with Gasteiger partial charge in [-0.05, 0) is 37.2 Å². The van der Waals surface area contributed by atoms with Crippen molar-refractivity contribution in [2.45, 2.75) is 26.4 Å². The summed E-state index contributed by atoms with van der Waals surface area (Å²) < 4.78 is 1.10. The minimum atomic E-state index is 0.450. The minimum absolute atomic E-state index is 0.450. The Bertz CT molecular complexity index is 331. The first-order valence-electron chi connectivity index (χ1n) is 5.51. The Morgan fingerprint density at radius 2 is 2.19 bits per heavy atom. The van der Waals surface area contributed by atoms with Gasteiger partial charge in [-0.2, -0.15) is 0 Å². The summed E-state index contributed by atoms with van der Waals surface area (Å²) >= 11 is 9.47. The first-order valence-corrected chi connectivity index (χ1v) is 6.68. The van der Waals surface area contributed by atoms with Crippen LogP contribution >= 0.6 is 27.5 Å². The molecule has 16 heavy (non-hydrogen) atoms. The Kier molecular flexibility index (Phi) is 6.36. The Morgan fingerprint density at radius 3 is 2.88 bits per heavy atom. The van der Waals surface area contributed by atoms with Gasteiger partial charge in [0.1, 0.15) is 0 Å². The fraction of sp³-hybridized carbons (Fsp3) is 0.500. The molecular formula is C12H18BrClN2. The molecule has 0 bridgehead atoms. The zero-order valence-electron chi connectivity index (χ0n) is 9.69. The van der Waals surface area contributed by atoms with Crippen molar-refractivity contribution in [3.8, 4) is 0 Å². The summed E-state index contributed by atoms with van der Waals surface area (Å²) in [5, 5.41) is 7.54. The molecule has 0 spiro atoms. The fourth-order valence-corrected chi connectivity index (χ4v) is 1.98. The van der Waals surface area contributed by atoms with Gasteiger partial charge in [-0.3, -0.25) is 0 Å². The maximum absolute atomic E-state index is 5.95. The second-order valence-electron chi connectivity index (χ2n) is 3.83. The van der Waals surface area contributed by atoms with Crippen molar-refractivity contribution in [1.82, 2.24) is 10.6 Å². The van der Waals surface area contributed by atoms with Gasteiger partial charge < -0.3 is 10.6 Å². The highest BCUT2D eigenvalue weighted by atomic mass is 79.9. The van der Waals surface area contributed by atoms with Crippen LogP contribution in [0.1, 0.15) is 19.4 Å². The summed E-state index contributed by atoms with van der Waals surface area (Å²) in [5.74, 6) is 0. The third kappa shape index (κ3) is 4.83. The van der Waals surface area contributed by atoms with Crippen molar-refractivity contribution >= 4 is 27.5 Å². The highest BCUT2D eigenvalue weighted by Crippen LogP contribution is 2.20. The van der Waals surface area contributed by atoms with E-state index in [-0.39, 0.29) is 0 Å². The lowest BCUT2D eigenvalue weighted by Gasteiger charge is -2.14. The van der Waals surface area contributed by atoms with Crippen LogP contribution in [0.25, 0.3) is 0 Å². The summed E-state index contributed by atoms with van der Waals surface area (Å²) in [6, 6.07) is 6.30. The molecule has 0 fully saturated rings. The number of nitrogens with one attached hydrogen (secondary N) is 2. The number of hydrogen-bond acceptors (Lipinski definition) is 2. The Balaban J connectivity index is 2.44. The highest BCUT2D eigenvalue weighted by molar-refractivity contribution is 9.10. The number of likely N-dealkylation sites (N-methyl/N-ethyl adjacent to an activating group) is 1. The third-order valence-electron chi connectivity index (χ3n) is 2.35. The molecule has 2 N–H and O–H groups in total. The largest absolute Gasteiger partial charge is 0.315 e. The van der Waals surface area contributed by atoms with Crippen molar-refractivity contribution in [3.63, 3.8) is 0 Å². The van der Waals surface area contributed by atoms with Crippen LogP contribution in [-0.2, 0) is 6.54 Å². The molecule has 1 aromatic rings. The monoisotopic (exact) mass is 304 g/mol. The number of benzene rings is 1. The Morgan fingerprint density at radius 1 is 1.44 bits per heavy atom. The van der Waals surface area contributed by atoms with Crippen LogP contribution in [0.2, 0.25) is 5.02 Å². The van der Waals surface area contributed by atoms with Crippen molar-refractivity contribution in [2.75, 3.05) is 13.1 Å². The van der Waals surface area contributed by atoms with Crippen molar-refractivity contribution in [1.29, 1.82) is 0 Å². The van der Waals surface area contributed by atoms with Gasteiger partial charge in [-0.15, -0.1) is 0 Å². The predicted octanol–water partition coefficient (Wildman–Crippen LogP) is 3.19. The first kappa shape index (κ1) is 14.0. The fourth-order valence-electron chi connectivity index (χ4n) is 1.40. The van der Waals surface area contributed by atoms with Crippen LogP contribution in [0.15, 0.2) is 22.7 Å². The van der Waals surface area contributed by atoms with E-state index in [2.05, 4.69) is 40.4 Å². The molecule has 4 heteroatoms. The molecule has 1 rings (SSSR count). The summed E-state index contributed by atoms with van der Waals surface area (Å²) in [6.07, 6.45) is 0. The summed E-state index contributed by atoms with van der Waals surface area (Å²) in [4.78, 5) is 0. The normalized spacial score (nSPS) is 12.8. The predicted molar refractivity (Wildman–Crippen MR) is 74.0 cm³/mol. The van der Waals surface area contributed by atoms with Gasteiger partial charge in [-0.1, -0.05) is 34.5 Å². The summed E-state index contributed by atoms with van der Waals surface area (Å²) in [7, 11) is 0. The zero-order valence-corrected chi connectivity index (χ0v) is 12.0. The van der Waals surface area contributed by atoms with Crippen LogP contribution in [0.3, 0.4) is 0 Å². The number of hydrogen-bond donors (Lipinski definition) is 2. The molecule has 1 atom stereocenters. The van der Waals surface area contributed by atoms with E-state index in [4.69, 9.17) is 11.6 Å². The van der Waals surface area contributed by atoms with Crippen LogP contribution in [0.4, 0.5) is 0 Å². The van der Waals surface area contributed by atoms with E-state index in [9.17, 15) is 0 Å². The van der Waals surface area contributed by atoms with Gasteiger partial charge in [0.15, 0.2) is 0 Å². The van der Waals surface area contributed by atoms with Crippen LogP contribution in [-0.4, -0.2) is 19.1 Å². The molecule has 0 aliphatic heterocycles. The topological polar surface area (TPSA) is 24.1 Å². The average Bonchev–Trinajstić information content (AvgIpc) is 2.27. The summed E-state index contributed by atoms with van der Waals surface area (Å²) in [5.41, 5.74) is 1.19. The Labute approximate surface area is 111 Å². The van der Waals surface area contributed by atoms with E-state index < -0.39 is 0 Å². The maximum atomic E-state index is 5.95. The van der Waals surface area contributed by atoms with Gasteiger partial charge in [-0.25, -0.2) is 0 Å². The molecule has 0 amide bonds. The van der Waals surface area contributed by atoms with E-state index in [0.717, 1.165) is 29.1 Å². The van der Waals surface area contributed by atoms with Gasteiger partial charge in [0.05, 0.1) is 0 Å². The van der Waals surface area contributed by atoms with Gasteiger partial charge in [0.25, 0.3) is 0 Å². The molecule has 0 aliphatic carbocycles. The SMILES string of the molecule is CCNCC(C)NCc1cc(Cl)ccc1Br. The molecule has 0 saturated carbocycles. The molecule has 0 aromatic heterocycles. The van der Waals surface area contributed by atoms with Crippen LogP contribution in [0.5, 0.6) is 0 Å². The molecule has 0 heterocycles. The molecule has 0 radical (unpaired) electrons. The van der Waals surface area contributed by atoms with E-state index in [1.54, 1.807) is 0 Å². The standard InChI is InChI=1S/C12H18BrClN2/c1-3-15-7-9(2)16-8-10-6-11(14)4-5-12(10)13/h4-6,9,15-16H,3,7-8H2,1-2H3. The Hall–Kier alpha value is -0.0900. The first-order chi connectivity index (χ1) is 7.63. The quantitative estimate of drug-likeness (QED) is 0.843. The highest BCUT2D eigenvalue weighted by Gasteiger charge is 2.04. The molecular weight excluding hydrogens is 288 g/mol. The second-order valence-corrected chi connectivity index (χ2v) is 5.12. The van der Waals surface area contributed by atoms with Gasteiger partial charge in [0, 0.05) is 28.6 Å². The minimum Gasteiger partial charge on any atom is -0.315 e. The van der Waals surface area contributed by atoms with Crippen molar-refractivity contribution in [3.05, 3.63) is 33.3 Å². The molecule has 0 aliphatic rings. The van der Waals surface area contributed by atoms with Crippen LogP contribution < -0.4 is 10.6 Å². The van der Waals surface area contributed by atoms with Gasteiger partial charge in [0.2, 0.25) is 0 Å². The third-order valence-corrected chi connectivity index (χ3v) is 3.36. The van der Waals surface area contributed by atoms with E-state index in [0.29, 0.717) is 6.04 Å². The molecule has 2 nitrogen and oxygen atoms in total. The number of rotatable bonds is 6. The van der Waals surface area contributed by atoms with E-state index in [1.165, 1.54) is 5.56 Å². The van der Waals surface area contributed by atoms with Crippen molar-refractivity contribution < 1.29 is 0 Å². The smallest absolute Gasteiger partial charge is 0.0410 e. The molecule has 1 aromatic carbocycles. The van der Waals surface area contributed by atoms with Crippen LogP contribution in [0, 0.1) is 0 Å². The second kappa shape index (κ2) is 7.28. The maximum Gasteiger partial charge on any atom is 0.0410 e. The van der Waals surface area contributed by atoms with E-state index >= 15 is 0 Å². The van der Waals surface area contributed by atoms with Gasteiger partial charge >= 0.3 is 0 Å². The van der Waals surface area contributed by atoms with E-state index in [1.807, 2.05) is 18.2 Å². The zero-order chi connectivity index (χ0) is 12.0. The molecule has 0 saturated heterocycles. The lowest BCUT2D eigenvalue weighted by molar-refractivity contribution is 0.508. The van der Waals surface area contributed by atoms with Crippen molar-refractivity contribution in [2.24, 2.45) is 0 Å². The lowest BCUT2D eigenvalue weighted by Crippen LogP contribution is -2.35. The average molecular weight is 306 g/mol. The lowest BCUT2D eigenvalue weighted by atomic mass is 10.2. The number of halogens is 2. The summed E-state index contributed by atoms with van der Waals surface area (Å²) in [6.45, 7) is 7.09. The molecule has 1 unspecified atom stereocenters. The molecule has 90 valence electrons.